The summed E-state index contributed by atoms with van der Waals surface area (Å²) in [7, 11) is 0. The molecule has 0 N–H and O–H groups in total. The number of fused-ring (bicyclic) bond motifs is 19. The summed E-state index contributed by atoms with van der Waals surface area (Å²) in [4.78, 5) is 0. The maximum absolute atomic E-state index is 4.36. The Bertz CT molecular complexity index is 4550. The second kappa shape index (κ2) is 13.8. The lowest BCUT2D eigenvalue weighted by Gasteiger charge is -2.34. The summed E-state index contributed by atoms with van der Waals surface area (Å²) in [6.07, 6.45) is 4.25. The Hall–Kier alpha value is -8.98. The molecule has 2 heteroatoms. The van der Waals surface area contributed by atoms with Gasteiger partial charge in [-0.2, -0.15) is 0 Å². The van der Waals surface area contributed by atoms with E-state index in [2.05, 4.69) is 253 Å². The first-order valence-electron chi connectivity index (χ1n) is 24.9. The molecule has 0 saturated heterocycles. The van der Waals surface area contributed by atoms with E-state index in [1.807, 2.05) is 6.08 Å². The summed E-state index contributed by atoms with van der Waals surface area (Å²) in [5, 5.41) is 8.91. The third-order valence-corrected chi connectivity index (χ3v) is 16.9. The van der Waals surface area contributed by atoms with Crippen LogP contribution < -0.4 is 5.22 Å². The lowest BCUT2D eigenvalue weighted by Crippen LogP contribution is -2.29. The van der Waals surface area contributed by atoms with Crippen molar-refractivity contribution in [3.63, 3.8) is 0 Å². The van der Waals surface area contributed by atoms with Crippen LogP contribution in [0.2, 0.25) is 0 Å². The maximum Gasteiger partial charge on any atom is 0.0720 e. The van der Waals surface area contributed by atoms with Gasteiger partial charge < -0.3 is 8.80 Å². The maximum atomic E-state index is 4.36. The van der Waals surface area contributed by atoms with Crippen LogP contribution in [0.3, 0.4) is 0 Å². The highest BCUT2D eigenvalue weighted by Crippen LogP contribution is 2.61. The molecule has 0 saturated carbocycles. The molecule has 0 unspecified atom stereocenters. The highest BCUT2D eigenvalue weighted by Gasteiger charge is 2.49. The largest absolute Gasteiger partial charge is 0.308 e. The molecule has 2 aliphatic rings. The van der Waals surface area contributed by atoms with Gasteiger partial charge in [0, 0.05) is 37.5 Å². The quantitative estimate of drug-likeness (QED) is 0.163. The minimum Gasteiger partial charge on any atom is -0.308 e. The van der Waals surface area contributed by atoms with E-state index in [4.69, 9.17) is 0 Å². The third kappa shape index (κ3) is 4.55. The number of aromatic nitrogens is 2. The molecule has 4 aromatic heterocycles. The van der Waals surface area contributed by atoms with Crippen molar-refractivity contribution in [1.82, 2.24) is 8.80 Å². The topological polar surface area (TPSA) is 8.82 Å². The van der Waals surface area contributed by atoms with Gasteiger partial charge in [-0.1, -0.05) is 219 Å². The lowest BCUT2D eigenvalue weighted by molar-refractivity contribution is 0.775. The molecule has 2 aliphatic carbocycles. The van der Waals surface area contributed by atoms with Gasteiger partial charge in [0.25, 0.3) is 0 Å². The molecule has 0 amide bonds. The molecule has 0 fully saturated rings. The van der Waals surface area contributed by atoms with Crippen molar-refractivity contribution in [2.24, 2.45) is 0 Å². The SMILES string of the molecule is C=C/C=c1/c2c3c(ccc2n2c1c(C)c1cc4c(cc12)c1cccc2c5c6c(ccc5n4c12)-c1ccccc1C6(c1ccccc1)c1ccccc1)-c1ccccc1C3(c1ccccc1)c1ccccc1. The average Bonchev–Trinajstić information content (AvgIpc) is 4.27. The number of rotatable bonds is 5. The van der Waals surface area contributed by atoms with Crippen molar-refractivity contribution in [3.05, 3.63) is 292 Å². The van der Waals surface area contributed by atoms with Gasteiger partial charge in [0.1, 0.15) is 0 Å². The first kappa shape index (κ1) is 38.9. The Balaban J connectivity index is 1.03. The van der Waals surface area contributed by atoms with Crippen molar-refractivity contribution in [3.8, 4) is 22.3 Å². The molecule has 14 aromatic rings. The van der Waals surface area contributed by atoms with Gasteiger partial charge in [-0.15, -0.1) is 0 Å². The molecule has 4 heterocycles. The third-order valence-electron chi connectivity index (χ3n) is 16.9. The van der Waals surface area contributed by atoms with E-state index in [9.17, 15) is 0 Å². The van der Waals surface area contributed by atoms with E-state index in [1.165, 1.54) is 143 Å². The average molecular weight is 901 g/mol. The minimum absolute atomic E-state index is 0.518. The Morgan fingerprint density at radius 2 is 0.803 bits per heavy atom. The van der Waals surface area contributed by atoms with E-state index in [-0.39, 0.29) is 0 Å². The van der Waals surface area contributed by atoms with Crippen molar-refractivity contribution in [1.29, 1.82) is 0 Å². The molecule has 10 aromatic carbocycles. The van der Waals surface area contributed by atoms with Crippen LogP contribution in [0.5, 0.6) is 0 Å². The normalized spacial score (nSPS) is 14.6. The smallest absolute Gasteiger partial charge is 0.0720 e. The van der Waals surface area contributed by atoms with Crippen molar-refractivity contribution in [2.45, 2.75) is 17.8 Å². The highest BCUT2D eigenvalue weighted by atomic mass is 14.9. The van der Waals surface area contributed by atoms with Crippen molar-refractivity contribution >= 4 is 71.5 Å². The van der Waals surface area contributed by atoms with E-state index < -0.39 is 10.8 Å². The van der Waals surface area contributed by atoms with Gasteiger partial charge in [0.2, 0.25) is 0 Å². The summed E-state index contributed by atoms with van der Waals surface area (Å²) in [6.45, 7) is 6.69. The molecule has 0 atom stereocenters. The summed E-state index contributed by atoms with van der Waals surface area (Å²) in [5.41, 5.74) is 23.2. The number of aryl methyl sites for hydroxylation is 1. The van der Waals surface area contributed by atoms with Gasteiger partial charge in [0.05, 0.1) is 43.9 Å². The molecule has 16 rings (SSSR count). The van der Waals surface area contributed by atoms with Crippen molar-refractivity contribution in [2.75, 3.05) is 0 Å². The Kier molecular flexibility index (Phi) is 7.59. The van der Waals surface area contributed by atoms with E-state index >= 15 is 0 Å². The number of allylic oxidation sites excluding steroid dienone is 1. The molecule has 71 heavy (non-hydrogen) atoms. The highest BCUT2D eigenvalue weighted by molar-refractivity contribution is 6.27. The van der Waals surface area contributed by atoms with Crippen LogP contribution in [0.1, 0.15) is 50.1 Å². The van der Waals surface area contributed by atoms with E-state index in [0.29, 0.717) is 0 Å². The number of benzene rings is 10. The van der Waals surface area contributed by atoms with E-state index in [0.717, 1.165) is 0 Å². The first-order valence-corrected chi connectivity index (χ1v) is 24.9. The van der Waals surface area contributed by atoms with Crippen LogP contribution in [0.25, 0.3) is 93.7 Å². The first-order chi connectivity index (χ1) is 35.2. The van der Waals surface area contributed by atoms with E-state index in [1.54, 1.807) is 0 Å². The van der Waals surface area contributed by atoms with Crippen LogP contribution >= 0.6 is 0 Å². The lowest BCUT2D eigenvalue weighted by atomic mass is 9.67. The second-order valence-electron chi connectivity index (χ2n) is 19.9. The molecule has 330 valence electrons. The summed E-state index contributed by atoms with van der Waals surface area (Å²) in [5.74, 6) is 0. The number of hydrogen-bond acceptors (Lipinski definition) is 0. The fraction of sp³-hybridized carbons (Fsp3) is 0.0435. The Morgan fingerprint density at radius 3 is 1.34 bits per heavy atom. The zero-order valence-electron chi connectivity index (χ0n) is 39.1. The molecule has 0 bridgehead atoms. The summed E-state index contributed by atoms with van der Waals surface area (Å²) < 4.78 is 5.16. The molecule has 0 radical (unpaired) electrons. The number of nitrogens with zero attached hydrogens (tertiary/aromatic N) is 2. The standard InChI is InChI=1S/C69H44N2/c1-3-21-52-62-58(38-36-49-47-30-16-18-34-56(47)68(64(49)62,43-22-8-4-9-23-43)44-24-10-5-11-25-44)70-60-41-55-51-32-20-33-53-63-59(71(67(51)53)61(55)40-54(60)42(2)66(52)70)39-37-50-48-31-17-19-35-57(48)69(65(50)63,45-26-12-6-13-27-45)46-28-14-7-15-29-46/h3-41H,1H2,2H3/b52-21-. The van der Waals surface area contributed by atoms with Crippen LogP contribution in [0.15, 0.2) is 237 Å². The van der Waals surface area contributed by atoms with Gasteiger partial charge in [0.15, 0.2) is 0 Å². The molecule has 0 aliphatic heterocycles. The minimum atomic E-state index is -0.546. The van der Waals surface area contributed by atoms with Crippen LogP contribution in [0.4, 0.5) is 0 Å². The molecular formula is C69H44N2. The molecule has 2 nitrogen and oxygen atoms in total. The Labute approximate surface area is 410 Å². The zero-order valence-corrected chi connectivity index (χ0v) is 39.1. The fourth-order valence-electron chi connectivity index (χ4n) is 14.4. The van der Waals surface area contributed by atoms with Gasteiger partial charge in [-0.3, -0.25) is 0 Å². The predicted molar refractivity (Wildman–Crippen MR) is 296 cm³/mol. The monoisotopic (exact) mass is 900 g/mol. The predicted octanol–water partition coefficient (Wildman–Crippen LogP) is 16.1. The fourth-order valence-corrected chi connectivity index (χ4v) is 14.4. The van der Waals surface area contributed by atoms with Gasteiger partial charge in [-0.05, 0) is 104 Å². The Morgan fingerprint density at radius 1 is 0.366 bits per heavy atom. The van der Waals surface area contributed by atoms with Gasteiger partial charge in [-0.25, -0.2) is 0 Å². The second-order valence-corrected chi connectivity index (χ2v) is 19.9. The van der Waals surface area contributed by atoms with Crippen LogP contribution in [-0.2, 0) is 10.8 Å². The van der Waals surface area contributed by atoms with Gasteiger partial charge >= 0.3 is 0 Å². The van der Waals surface area contributed by atoms with Crippen LogP contribution in [-0.4, -0.2) is 8.80 Å². The number of para-hydroxylation sites is 1. The summed E-state index contributed by atoms with van der Waals surface area (Å²) in [6, 6.07) is 84.6. The van der Waals surface area contributed by atoms with Crippen molar-refractivity contribution < 1.29 is 0 Å². The van der Waals surface area contributed by atoms with Crippen LogP contribution in [0, 0.1) is 6.92 Å². The molecule has 0 spiro atoms. The number of hydrogen-bond donors (Lipinski definition) is 0. The molecular weight excluding hydrogens is 857 g/mol. The summed E-state index contributed by atoms with van der Waals surface area (Å²) >= 11 is 0. The zero-order chi connectivity index (χ0) is 46.7.